The van der Waals surface area contributed by atoms with E-state index in [1.54, 1.807) is 39.8 Å². The Morgan fingerprint density at radius 2 is 1.80 bits per heavy atom. The summed E-state index contributed by atoms with van der Waals surface area (Å²) in [5, 5.41) is 3.45. The molecule has 0 bridgehead atoms. The van der Waals surface area contributed by atoms with Crippen LogP contribution in [0.5, 0.6) is 5.75 Å². The van der Waals surface area contributed by atoms with Gasteiger partial charge in [0.2, 0.25) is 0 Å². The lowest BCUT2D eigenvalue weighted by Crippen LogP contribution is -2.46. The van der Waals surface area contributed by atoms with Crippen LogP contribution in [0.2, 0.25) is 0 Å². The van der Waals surface area contributed by atoms with Gasteiger partial charge in [0, 0.05) is 23.4 Å². The molecule has 1 amide bonds. The number of unbranched alkanes of at least 4 members (excludes halogenated alkanes) is 1. The Morgan fingerprint density at radius 3 is 2.46 bits per heavy atom. The van der Waals surface area contributed by atoms with E-state index in [0.29, 0.717) is 11.1 Å². The minimum atomic E-state index is -0.981. The van der Waals surface area contributed by atoms with E-state index >= 15 is 0 Å². The largest absolute Gasteiger partial charge is 0.444 e. The van der Waals surface area contributed by atoms with E-state index < -0.39 is 29.3 Å². The second kappa shape index (κ2) is 11.2. The molecule has 0 unspecified atom stereocenters. The molecular weight excluding hydrogens is 446 g/mol. The van der Waals surface area contributed by atoms with Crippen LogP contribution in [0.3, 0.4) is 0 Å². The van der Waals surface area contributed by atoms with Crippen molar-refractivity contribution >= 4 is 23.0 Å². The number of carbonyl (C=O) groups is 2. The predicted octanol–water partition coefficient (Wildman–Crippen LogP) is 5.49. The van der Waals surface area contributed by atoms with Crippen LogP contribution in [-0.2, 0) is 22.4 Å². The topological polar surface area (TPSA) is 94.8 Å². The molecule has 1 aromatic heterocycles. The zero-order valence-corrected chi connectivity index (χ0v) is 21.0. The molecule has 0 aliphatic rings. The Labute approximate surface area is 205 Å². The van der Waals surface area contributed by atoms with Crippen molar-refractivity contribution in [3.63, 3.8) is 0 Å². The second-order valence-electron chi connectivity index (χ2n) is 9.57. The third kappa shape index (κ3) is 7.18. The third-order valence-electron chi connectivity index (χ3n) is 5.47. The van der Waals surface area contributed by atoms with Gasteiger partial charge < -0.3 is 19.2 Å². The van der Waals surface area contributed by atoms with Crippen LogP contribution in [-0.4, -0.2) is 23.7 Å². The van der Waals surface area contributed by atoms with Crippen molar-refractivity contribution in [3.05, 3.63) is 75.6 Å². The fraction of sp³-hybridized carbons (Fsp3) is 0.393. The molecule has 7 heteroatoms. The van der Waals surface area contributed by atoms with Crippen molar-refractivity contribution in [1.82, 2.24) is 5.32 Å². The molecule has 1 atom stereocenters. The molecular formula is C28H33NO6. The number of alkyl carbamates (subject to hydrolysis) is 1. The van der Waals surface area contributed by atoms with E-state index in [9.17, 15) is 14.4 Å². The zero-order chi connectivity index (χ0) is 25.6. The molecule has 0 aliphatic carbocycles. The van der Waals surface area contributed by atoms with Gasteiger partial charge in [-0.2, -0.15) is 0 Å². The van der Waals surface area contributed by atoms with Crippen molar-refractivity contribution in [2.75, 3.05) is 0 Å². The highest BCUT2D eigenvalue weighted by molar-refractivity contribution is 5.88. The average molecular weight is 480 g/mol. The lowest BCUT2D eigenvalue weighted by molar-refractivity contribution is -0.136. The fourth-order valence-electron chi connectivity index (χ4n) is 3.77. The van der Waals surface area contributed by atoms with Crippen molar-refractivity contribution in [2.24, 2.45) is 0 Å². The van der Waals surface area contributed by atoms with Crippen LogP contribution in [0.15, 0.2) is 57.7 Å². The van der Waals surface area contributed by atoms with E-state index in [0.717, 1.165) is 35.8 Å². The maximum Gasteiger partial charge on any atom is 0.408 e. The maximum absolute atomic E-state index is 13.2. The molecule has 2 aromatic carbocycles. The molecule has 3 rings (SSSR count). The summed E-state index contributed by atoms with van der Waals surface area (Å²) in [6.07, 6.45) is 2.23. The summed E-state index contributed by atoms with van der Waals surface area (Å²) in [6.45, 7) is 9.08. The number of nitrogens with one attached hydrogen (secondary N) is 1. The zero-order valence-electron chi connectivity index (χ0n) is 21.0. The van der Waals surface area contributed by atoms with Gasteiger partial charge in [0.15, 0.2) is 0 Å². The number of amides is 1. The first-order valence-electron chi connectivity index (χ1n) is 11.9. The molecule has 0 radical (unpaired) electrons. The van der Waals surface area contributed by atoms with Gasteiger partial charge in [-0.25, -0.2) is 14.4 Å². The van der Waals surface area contributed by atoms with Gasteiger partial charge in [0.1, 0.15) is 23.0 Å². The quantitative estimate of drug-likeness (QED) is 0.261. The lowest BCUT2D eigenvalue weighted by atomic mass is 10.0. The molecule has 3 aromatic rings. The molecule has 1 heterocycles. The van der Waals surface area contributed by atoms with Crippen molar-refractivity contribution in [1.29, 1.82) is 0 Å². The van der Waals surface area contributed by atoms with Crippen LogP contribution in [0, 0.1) is 6.92 Å². The van der Waals surface area contributed by atoms with Gasteiger partial charge >= 0.3 is 17.7 Å². The number of ether oxygens (including phenoxy) is 2. The number of hydrogen-bond donors (Lipinski definition) is 1. The van der Waals surface area contributed by atoms with E-state index in [4.69, 9.17) is 13.9 Å². The van der Waals surface area contributed by atoms with E-state index in [1.165, 1.54) is 6.07 Å². The number of fused-ring (bicyclic) bond motifs is 1. The Kier molecular flexibility index (Phi) is 8.33. The minimum Gasteiger partial charge on any atom is -0.444 e. The van der Waals surface area contributed by atoms with E-state index in [2.05, 4.69) is 12.2 Å². The summed E-state index contributed by atoms with van der Waals surface area (Å²) in [7, 11) is 0. The van der Waals surface area contributed by atoms with Gasteiger partial charge in [-0.05, 0) is 63.8 Å². The molecule has 0 aliphatic heterocycles. The van der Waals surface area contributed by atoms with Crippen molar-refractivity contribution in [2.45, 2.75) is 71.9 Å². The van der Waals surface area contributed by atoms with Gasteiger partial charge in [-0.3, -0.25) is 0 Å². The Morgan fingerprint density at radius 1 is 1.09 bits per heavy atom. The molecule has 0 saturated heterocycles. The highest BCUT2D eigenvalue weighted by atomic mass is 16.6. The van der Waals surface area contributed by atoms with E-state index in [1.807, 2.05) is 30.3 Å². The summed E-state index contributed by atoms with van der Waals surface area (Å²) in [6, 6.07) is 13.3. The first-order valence-corrected chi connectivity index (χ1v) is 11.9. The van der Waals surface area contributed by atoms with Gasteiger partial charge in [-0.15, -0.1) is 0 Å². The monoisotopic (exact) mass is 479 g/mol. The first kappa shape index (κ1) is 26.0. The molecule has 1 N–H and O–H groups in total. The van der Waals surface area contributed by atoms with Crippen LogP contribution in [0.4, 0.5) is 4.79 Å². The number of carbonyl (C=O) groups excluding carboxylic acids is 2. The Bertz CT molecular complexity index is 1240. The molecule has 7 nitrogen and oxygen atoms in total. The Hall–Kier alpha value is -3.61. The van der Waals surface area contributed by atoms with Crippen molar-refractivity contribution in [3.8, 4) is 5.75 Å². The SMILES string of the molecule is CCCCc1cc(=O)oc2c(C)c(OC(=O)[C@@H](Cc3ccccc3)NC(=O)OC(C)(C)C)ccc12. The van der Waals surface area contributed by atoms with E-state index in [-0.39, 0.29) is 12.2 Å². The fourth-order valence-corrected chi connectivity index (χ4v) is 3.77. The standard InChI is InChI=1S/C28H33NO6/c1-6-7-13-20-17-24(30)34-25-18(2)23(15-14-21(20)25)33-26(31)22(16-19-11-9-8-10-12-19)29-27(32)35-28(3,4)5/h8-12,14-15,17,22H,6-7,13,16H2,1-5H3,(H,29,32)/t22-/m1/s1. The number of esters is 1. The van der Waals surface area contributed by atoms with Crippen LogP contribution >= 0.6 is 0 Å². The highest BCUT2D eigenvalue weighted by Gasteiger charge is 2.27. The summed E-state index contributed by atoms with van der Waals surface area (Å²) in [5.74, 6) is -0.381. The van der Waals surface area contributed by atoms with Crippen LogP contribution in [0.1, 0.15) is 57.2 Å². The number of benzene rings is 2. The summed E-state index contributed by atoms with van der Waals surface area (Å²) in [4.78, 5) is 37.8. The molecule has 0 spiro atoms. The van der Waals surface area contributed by atoms with Crippen LogP contribution < -0.4 is 15.7 Å². The normalized spacial score (nSPS) is 12.3. The molecule has 35 heavy (non-hydrogen) atoms. The second-order valence-corrected chi connectivity index (χ2v) is 9.57. The third-order valence-corrected chi connectivity index (χ3v) is 5.47. The number of rotatable bonds is 8. The predicted molar refractivity (Wildman–Crippen MR) is 135 cm³/mol. The molecule has 0 saturated carbocycles. The molecule has 0 fully saturated rings. The Balaban J connectivity index is 1.89. The smallest absolute Gasteiger partial charge is 0.408 e. The lowest BCUT2D eigenvalue weighted by Gasteiger charge is -2.23. The first-order chi connectivity index (χ1) is 16.6. The van der Waals surface area contributed by atoms with Crippen molar-refractivity contribution < 1.29 is 23.5 Å². The average Bonchev–Trinajstić information content (AvgIpc) is 2.78. The maximum atomic E-state index is 13.2. The van der Waals surface area contributed by atoms with Crippen LogP contribution in [0.25, 0.3) is 11.0 Å². The summed E-state index contributed by atoms with van der Waals surface area (Å²) < 4.78 is 16.5. The highest BCUT2D eigenvalue weighted by Crippen LogP contribution is 2.29. The summed E-state index contributed by atoms with van der Waals surface area (Å²) in [5.41, 5.74) is 1.55. The van der Waals surface area contributed by atoms with Gasteiger partial charge in [0.05, 0.1) is 0 Å². The van der Waals surface area contributed by atoms with Gasteiger partial charge in [0.25, 0.3) is 0 Å². The summed E-state index contributed by atoms with van der Waals surface area (Å²) >= 11 is 0. The minimum absolute atomic E-state index is 0.224. The number of aryl methyl sites for hydroxylation is 2. The number of hydrogen-bond acceptors (Lipinski definition) is 6. The molecule has 186 valence electrons. The van der Waals surface area contributed by atoms with Gasteiger partial charge in [-0.1, -0.05) is 43.7 Å².